The summed E-state index contributed by atoms with van der Waals surface area (Å²) in [6.07, 6.45) is 88.1. The average Bonchev–Trinajstić information content (AvgIpc) is 3.43. The highest BCUT2D eigenvalue weighted by Gasteiger charge is 2.19. The Kier molecular flexibility index (Phi) is 61.3. The quantitative estimate of drug-likeness (QED) is 0.0261. The molecular weight excluding hydrogens is 949 g/mol. The Bertz CT molecular complexity index is 1560. The summed E-state index contributed by atoms with van der Waals surface area (Å²) in [5.74, 6) is -0.896. The van der Waals surface area contributed by atoms with Crippen molar-refractivity contribution in [3.05, 3.63) is 109 Å². The van der Waals surface area contributed by atoms with E-state index in [1.165, 1.54) is 128 Å². The first-order valence-electron chi connectivity index (χ1n) is 32.4. The third kappa shape index (κ3) is 62.8. The van der Waals surface area contributed by atoms with E-state index in [9.17, 15) is 14.4 Å². The number of allylic oxidation sites excluding steroid dienone is 18. The highest BCUT2D eigenvalue weighted by atomic mass is 16.6. The van der Waals surface area contributed by atoms with E-state index in [4.69, 9.17) is 14.2 Å². The Morgan fingerprint density at radius 2 is 0.506 bits per heavy atom. The van der Waals surface area contributed by atoms with Crippen molar-refractivity contribution >= 4 is 17.9 Å². The average molecular weight is 1070 g/mol. The van der Waals surface area contributed by atoms with Crippen molar-refractivity contribution in [2.75, 3.05) is 13.2 Å². The summed E-state index contributed by atoms with van der Waals surface area (Å²) in [5, 5.41) is 0. The van der Waals surface area contributed by atoms with Gasteiger partial charge in [0.05, 0.1) is 0 Å². The Balaban J connectivity index is 4.30. The van der Waals surface area contributed by atoms with E-state index in [2.05, 4.69) is 130 Å². The Labute approximate surface area is 476 Å². The van der Waals surface area contributed by atoms with Gasteiger partial charge < -0.3 is 14.2 Å². The van der Waals surface area contributed by atoms with Gasteiger partial charge in [0.25, 0.3) is 0 Å². The molecule has 0 saturated heterocycles. The second-order valence-electron chi connectivity index (χ2n) is 21.3. The van der Waals surface area contributed by atoms with E-state index in [1.54, 1.807) is 0 Å². The summed E-state index contributed by atoms with van der Waals surface area (Å²) in [7, 11) is 0. The summed E-state index contributed by atoms with van der Waals surface area (Å²) in [4.78, 5) is 38.3. The summed E-state index contributed by atoms with van der Waals surface area (Å²) in [6, 6.07) is 0. The predicted molar refractivity (Wildman–Crippen MR) is 334 cm³/mol. The minimum absolute atomic E-state index is 0.0840. The Hall–Kier alpha value is -3.93. The van der Waals surface area contributed by atoms with Crippen LogP contribution >= 0.6 is 0 Å². The highest BCUT2D eigenvalue weighted by molar-refractivity contribution is 5.71. The molecule has 0 aromatic carbocycles. The summed E-state index contributed by atoms with van der Waals surface area (Å²) < 4.78 is 16.9. The number of rotatable bonds is 58. The molecule has 440 valence electrons. The van der Waals surface area contributed by atoms with Crippen LogP contribution in [0.1, 0.15) is 303 Å². The second kappa shape index (κ2) is 64.6. The number of hydrogen-bond acceptors (Lipinski definition) is 6. The van der Waals surface area contributed by atoms with Gasteiger partial charge in [0.1, 0.15) is 13.2 Å². The molecule has 1 unspecified atom stereocenters. The van der Waals surface area contributed by atoms with Gasteiger partial charge in [-0.15, -0.1) is 0 Å². The van der Waals surface area contributed by atoms with Gasteiger partial charge in [-0.1, -0.05) is 291 Å². The standard InChI is InChI=1S/C71H120O6/c1-4-7-10-13-16-19-22-25-28-29-30-31-32-33-34-35-36-37-38-39-40-41-44-46-49-52-55-58-61-64-70(73)76-67-68(77-71(74)65-62-59-56-53-50-47-43-27-24-21-18-15-12-9-6-3)66-75-69(72)63-60-57-54-51-48-45-42-26-23-20-17-14-11-8-5-2/h7,9-10,12,16,18-19,21,25,27-28,30-31,33-34,36-37,43,68H,4-6,8,11,13-15,17,20,22-24,26,29,32,35,38-42,44-67H2,1-3H3/b10-7-,12-9-,19-16-,21-18-,28-25-,31-30-,34-33-,37-36-,43-27-. The molecule has 0 radical (unpaired) electrons. The molecule has 6 nitrogen and oxygen atoms in total. The number of carbonyl (C=O) groups is 3. The molecule has 1 atom stereocenters. The minimum atomic E-state index is -0.789. The topological polar surface area (TPSA) is 78.9 Å². The van der Waals surface area contributed by atoms with Crippen molar-refractivity contribution in [3.63, 3.8) is 0 Å². The van der Waals surface area contributed by atoms with Gasteiger partial charge in [-0.2, -0.15) is 0 Å². The largest absolute Gasteiger partial charge is 0.462 e. The van der Waals surface area contributed by atoms with Gasteiger partial charge in [0.15, 0.2) is 6.10 Å². The molecule has 0 N–H and O–H groups in total. The van der Waals surface area contributed by atoms with Crippen LogP contribution in [0.4, 0.5) is 0 Å². The number of ether oxygens (including phenoxy) is 3. The molecule has 0 bridgehead atoms. The van der Waals surface area contributed by atoms with Crippen LogP contribution in [0.25, 0.3) is 0 Å². The fourth-order valence-corrected chi connectivity index (χ4v) is 8.99. The maximum Gasteiger partial charge on any atom is 0.306 e. The van der Waals surface area contributed by atoms with Crippen LogP contribution in [0.5, 0.6) is 0 Å². The van der Waals surface area contributed by atoms with Crippen LogP contribution in [0.15, 0.2) is 109 Å². The molecule has 0 aliphatic heterocycles. The van der Waals surface area contributed by atoms with Gasteiger partial charge in [0.2, 0.25) is 0 Å². The molecule has 0 rings (SSSR count). The summed E-state index contributed by atoms with van der Waals surface area (Å²) >= 11 is 0. The lowest BCUT2D eigenvalue weighted by Crippen LogP contribution is -2.30. The lowest BCUT2D eigenvalue weighted by atomic mass is 10.0. The fraction of sp³-hybridized carbons (Fsp3) is 0.704. The number of carbonyl (C=O) groups excluding carboxylic acids is 3. The van der Waals surface area contributed by atoms with Gasteiger partial charge >= 0.3 is 17.9 Å². The molecule has 0 saturated carbocycles. The molecular formula is C71H120O6. The molecule has 0 amide bonds. The van der Waals surface area contributed by atoms with Crippen LogP contribution in [0.3, 0.4) is 0 Å². The van der Waals surface area contributed by atoms with E-state index in [1.807, 2.05) is 0 Å². The second-order valence-corrected chi connectivity index (χ2v) is 21.3. The van der Waals surface area contributed by atoms with Crippen LogP contribution in [-0.4, -0.2) is 37.2 Å². The molecule has 0 spiro atoms. The van der Waals surface area contributed by atoms with Gasteiger partial charge in [-0.05, 0) is 103 Å². The zero-order valence-electron chi connectivity index (χ0n) is 50.4. The van der Waals surface area contributed by atoms with Crippen LogP contribution in [0.2, 0.25) is 0 Å². The molecule has 0 fully saturated rings. The van der Waals surface area contributed by atoms with E-state index >= 15 is 0 Å². The lowest BCUT2D eigenvalue weighted by Gasteiger charge is -2.18. The van der Waals surface area contributed by atoms with Crippen LogP contribution in [-0.2, 0) is 28.6 Å². The highest BCUT2D eigenvalue weighted by Crippen LogP contribution is 2.16. The lowest BCUT2D eigenvalue weighted by molar-refractivity contribution is -0.167. The Morgan fingerprint density at radius 1 is 0.273 bits per heavy atom. The number of hydrogen-bond donors (Lipinski definition) is 0. The van der Waals surface area contributed by atoms with Gasteiger partial charge in [-0.3, -0.25) is 14.4 Å². The third-order valence-corrected chi connectivity index (χ3v) is 13.8. The van der Waals surface area contributed by atoms with E-state index < -0.39 is 6.10 Å². The van der Waals surface area contributed by atoms with Crippen LogP contribution < -0.4 is 0 Å². The number of esters is 3. The molecule has 0 heterocycles. The molecule has 77 heavy (non-hydrogen) atoms. The first-order chi connectivity index (χ1) is 38.0. The van der Waals surface area contributed by atoms with Crippen LogP contribution in [0, 0.1) is 0 Å². The van der Waals surface area contributed by atoms with E-state index in [0.717, 1.165) is 135 Å². The summed E-state index contributed by atoms with van der Waals surface area (Å²) in [5.41, 5.74) is 0. The normalized spacial score (nSPS) is 12.8. The fourth-order valence-electron chi connectivity index (χ4n) is 8.99. The van der Waals surface area contributed by atoms with Gasteiger partial charge in [0, 0.05) is 19.3 Å². The third-order valence-electron chi connectivity index (χ3n) is 13.8. The van der Waals surface area contributed by atoms with Gasteiger partial charge in [-0.25, -0.2) is 0 Å². The molecule has 0 aromatic rings. The zero-order chi connectivity index (χ0) is 55.7. The van der Waals surface area contributed by atoms with Crippen molar-refractivity contribution in [1.82, 2.24) is 0 Å². The maximum atomic E-state index is 12.9. The monoisotopic (exact) mass is 1070 g/mol. The van der Waals surface area contributed by atoms with E-state index in [0.29, 0.717) is 19.3 Å². The molecule has 0 aliphatic carbocycles. The minimum Gasteiger partial charge on any atom is -0.462 e. The van der Waals surface area contributed by atoms with Crippen molar-refractivity contribution in [3.8, 4) is 0 Å². The SMILES string of the molecule is CC/C=C\C/C=C\C/C=C\C/C=C\C/C=C\C/C=C\CCCCCCCCCCCCC(=O)OCC(COC(=O)CCCCCCCCCCCCCCCCC)OC(=O)CCCCCCC/C=C\C/C=C\C/C=C\CC. The zero-order valence-corrected chi connectivity index (χ0v) is 50.4. The van der Waals surface area contributed by atoms with Crippen molar-refractivity contribution in [1.29, 1.82) is 0 Å². The van der Waals surface area contributed by atoms with Crippen molar-refractivity contribution in [2.45, 2.75) is 309 Å². The first kappa shape index (κ1) is 73.1. The number of unbranched alkanes of at least 4 members (excludes halogenated alkanes) is 29. The first-order valence-corrected chi connectivity index (χ1v) is 32.4. The Morgan fingerprint density at radius 3 is 0.792 bits per heavy atom. The van der Waals surface area contributed by atoms with E-state index in [-0.39, 0.29) is 31.1 Å². The summed E-state index contributed by atoms with van der Waals surface area (Å²) in [6.45, 7) is 6.42. The molecule has 0 aliphatic rings. The van der Waals surface area contributed by atoms with Crippen molar-refractivity contribution in [2.24, 2.45) is 0 Å². The predicted octanol–water partition coefficient (Wildman–Crippen LogP) is 22.2. The molecule has 6 heteroatoms. The van der Waals surface area contributed by atoms with Crippen molar-refractivity contribution < 1.29 is 28.6 Å². The maximum absolute atomic E-state index is 12.9. The smallest absolute Gasteiger partial charge is 0.306 e. The molecule has 0 aromatic heterocycles.